The van der Waals surface area contributed by atoms with Crippen molar-refractivity contribution in [3.05, 3.63) is 40.1 Å². The van der Waals surface area contributed by atoms with E-state index in [4.69, 9.17) is 4.74 Å². The highest BCUT2D eigenvalue weighted by Crippen LogP contribution is 2.27. The number of rotatable bonds is 6. The molecule has 5 heteroatoms. The predicted octanol–water partition coefficient (Wildman–Crippen LogP) is 2.75. The van der Waals surface area contributed by atoms with Crippen molar-refractivity contribution in [1.82, 2.24) is 15.3 Å². The maximum atomic E-state index is 5.40. The lowest BCUT2D eigenvalue weighted by molar-refractivity contribution is 0.397. The molecule has 2 rings (SSSR count). The third-order valence-electron chi connectivity index (χ3n) is 2.91. The maximum Gasteiger partial charge on any atom is 0.141 e. The minimum atomic E-state index is 0.202. The summed E-state index contributed by atoms with van der Waals surface area (Å²) in [4.78, 5) is 8.64. The van der Waals surface area contributed by atoms with Crippen molar-refractivity contribution < 1.29 is 4.74 Å². The van der Waals surface area contributed by atoms with Crippen LogP contribution in [0.2, 0.25) is 0 Å². The summed E-state index contributed by atoms with van der Waals surface area (Å²) in [6, 6.07) is 2.21. The number of hydrogen-bond acceptors (Lipinski definition) is 5. The second-order valence-electron chi connectivity index (χ2n) is 4.31. The summed E-state index contributed by atoms with van der Waals surface area (Å²) >= 11 is 1.70. The van der Waals surface area contributed by atoms with Crippen molar-refractivity contribution in [2.45, 2.75) is 26.3 Å². The molecule has 1 N–H and O–H groups in total. The molecule has 0 spiro atoms. The van der Waals surface area contributed by atoms with Crippen molar-refractivity contribution in [2.75, 3.05) is 13.7 Å². The van der Waals surface area contributed by atoms with Gasteiger partial charge in [-0.05, 0) is 19.5 Å². The van der Waals surface area contributed by atoms with Gasteiger partial charge in [0.25, 0.3) is 0 Å². The van der Waals surface area contributed by atoms with E-state index < -0.39 is 0 Å². The zero-order valence-corrected chi connectivity index (χ0v) is 12.3. The van der Waals surface area contributed by atoms with Gasteiger partial charge in [-0.1, -0.05) is 6.92 Å². The van der Waals surface area contributed by atoms with E-state index >= 15 is 0 Å². The summed E-state index contributed by atoms with van der Waals surface area (Å²) in [5, 5.41) is 6.72. The number of pyridine rings is 1. The van der Waals surface area contributed by atoms with E-state index in [9.17, 15) is 0 Å². The molecule has 0 saturated carbocycles. The van der Waals surface area contributed by atoms with Gasteiger partial charge in [-0.25, -0.2) is 4.98 Å². The van der Waals surface area contributed by atoms with Crippen LogP contribution in [-0.4, -0.2) is 23.6 Å². The highest BCUT2D eigenvalue weighted by Gasteiger charge is 2.17. The Kier molecular flexibility index (Phi) is 4.87. The molecule has 0 radical (unpaired) electrons. The number of likely N-dealkylation sites (N-methyl/N-ethyl adjacent to an activating group) is 1. The lowest BCUT2D eigenvalue weighted by atomic mass is 10.0. The fraction of sp³-hybridized carbons (Fsp3) is 0.429. The topological polar surface area (TPSA) is 47.0 Å². The average Bonchev–Trinajstić information content (AvgIpc) is 2.84. The monoisotopic (exact) mass is 277 g/mol. The number of thiazole rings is 1. The smallest absolute Gasteiger partial charge is 0.141 e. The quantitative estimate of drug-likeness (QED) is 0.882. The Morgan fingerprint density at radius 3 is 2.95 bits per heavy atom. The highest BCUT2D eigenvalue weighted by molar-refractivity contribution is 7.09. The molecule has 0 aromatic carbocycles. The fourth-order valence-corrected chi connectivity index (χ4v) is 2.88. The van der Waals surface area contributed by atoms with Crippen LogP contribution in [0, 0.1) is 6.92 Å². The summed E-state index contributed by atoms with van der Waals surface area (Å²) in [5.74, 6) is 0.821. The lowest BCUT2D eigenvalue weighted by Gasteiger charge is -2.19. The Bertz CT molecular complexity index is 527. The average molecular weight is 277 g/mol. The van der Waals surface area contributed by atoms with Crippen LogP contribution in [0.3, 0.4) is 0 Å². The summed E-state index contributed by atoms with van der Waals surface area (Å²) in [6.45, 7) is 5.03. The fourth-order valence-electron chi connectivity index (χ4n) is 2.06. The third-order valence-corrected chi connectivity index (χ3v) is 3.90. The zero-order valence-electron chi connectivity index (χ0n) is 11.5. The number of aryl methyl sites for hydroxylation is 1. The SMILES string of the molecule is CCNC(Cc1nc(C)cs1)c1ccncc1OC. The van der Waals surface area contributed by atoms with Crippen LogP contribution in [0.15, 0.2) is 23.8 Å². The van der Waals surface area contributed by atoms with Gasteiger partial charge >= 0.3 is 0 Å². The summed E-state index contributed by atoms with van der Waals surface area (Å²) in [6.07, 6.45) is 4.43. The first-order valence-electron chi connectivity index (χ1n) is 6.36. The number of nitrogens with one attached hydrogen (secondary N) is 1. The second kappa shape index (κ2) is 6.63. The van der Waals surface area contributed by atoms with Crippen LogP contribution in [0.4, 0.5) is 0 Å². The first-order chi connectivity index (χ1) is 9.24. The zero-order chi connectivity index (χ0) is 13.7. The van der Waals surface area contributed by atoms with E-state index in [2.05, 4.69) is 27.6 Å². The van der Waals surface area contributed by atoms with Crippen molar-refractivity contribution in [2.24, 2.45) is 0 Å². The Balaban J connectivity index is 2.23. The molecule has 0 aliphatic carbocycles. The van der Waals surface area contributed by atoms with Gasteiger partial charge in [0.1, 0.15) is 5.75 Å². The molecule has 0 aliphatic rings. The maximum absolute atomic E-state index is 5.40. The molecule has 4 nitrogen and oxygen atoms in total. The Morgan fingerprint density at radius 2 is 2.32 bits per heavy atom. The molecule has 2 aromatic heterocycles. The number of aromatic nitrogens is 2. The van der Waals surface area contributed by atoms with Crippen molar-refractivity contribution in [3.63, 3.8) is 0 Å². The number of methoxy groups -OCH3 is 1. The van der Waals surface area contributed by atoms with Gasteiger partial charge < -0.3 is 10.1 Å². The summed E-state index contributed by atoms with van der Waals surface area (Å²) < 4.78 is 5.40. The molecular weight excluding hydrogens is 258 g/mol. The molecule has 1 atom stereocenters. The molecule has 2 aromatic rings. The molecule has 102 valence electrons. The molecule has 0 fully saturated rings. The van der Waals surface area contributed by atoms with Crippen LogP contribution in [0.1, 0.15) is 29.2 Å². The van der Waals surface area contributed by atoms with E-state index in [0.29, 0.717) is 0 Å². The van der Waals surface area contributed by atoms with Gasteiger partial charge in [-0.3, -0.25) is 4.98 Å². The molecule has 1 unspecified atom stereocenters. The van der Waals surface area contributed by atoms with Gasteiger partial charge in [0.15, 0.2) is 0 Å². The van der Waals surface area contributed by atoms with E-state index in [1.54, 1.807) is 30.8 Å². The first-order valence-corrected chi connectivity index (χ1v) is 7.24. The van der Waals surface area contributed by atoms with E-state index in [1.807, 2.05) is 13.0 Å². The highest BCUT2D eigenvalue weighted by atomic mass is 32.1. The van der Waals surface area contributed by atoms with Gasteiger partial charge in [0.05, 0.1) is 18.3 Å². The molecule has 0 bridgehead atoms. The Hall–Kier alpha value is -1.46. The Morgan fingerprint density at radius 1 is 1.47 bits per heavy atom. The molecule has 2 heterocycles. The molecular formula is C14H19N3OS. The second-order valence-corrected chi connectivity index (χ2v) is 5.26. The van der Waals surface area contributed by atoms with Crippen molar-refractivity contribution in [1.29, 1.82) is 0 Å². The molecule has 19 heavy (non-hydrogen) atoms. The van der Waals surface area contributed by atoms with Gasteiger partial charge in [0, 0.05) is 35.3 Å². The van der Waals surface area contributed by atoms with E-state index in [-0.39, 0.29) is 6.04 Å². The minimum absolute atomic E-state index is 0.202. The van der Waals surface area contributed by atoms with E-state index in [0.717, 1.165) is 35.0 Å². The van der Waals surface area contributed by atoms with Crippen LogP contribution >= 0.6 is 11.3 Å². The molecule has 0 aliphatic heterocycles. The summed E-state index contributed by atoms with van der Waals surface area (Å²) in [5.41, 5.74) is 2.21. The lowest BCUT2D eigenvalue weighted by Crippen LogP contribution is -2.23. The predicted molar refractivity (Wildman–Crippen MR) is 77.8 cm³/mol. The van der Waals surface area contributed by atoms with Crippen LogP contribution in [0.5, 0.6) is 5.75 Å². The van der Waals surface area contributed by atoms with Crippen LogP contribution < -0.4 is 10.1 Å². The van der Waals surface area contributed by atoms with Crippen LogP contribution in [-0.2, 0) is 6.42 Å². The molecule has 0 saturated heterocycles. The van der Waals surface area contributed by atoms with Gasteiger partial charge in [0.2, 0.25) is 0 Å². The Labute approximate surface area is 117 Å². The third kappa shape index (κ3) is 3.52. The number of ether oxygens (including phenoxy) is 1. The first kappa shape index (κ1) is 14.0. The van der Waals surface area contributed by atoms with Gasteiger partial charge in [-0.15, -0.1) is 11.3 Å². The minimum Gasteiger partial charge on any atom is -0.495 e. The van der Waals surface area contributed by atoms with Crippen molar-refractivity contribution >= 4 is 11.3 Å². The van der Waals surface area contributed by atoms with Gasteiger partial charge in [-0.2, -0.15) is 0 Å². The van der Waals surface area contributed by atoms with Crippen molar-refractivity contribution in [3.8, 4) is 5.75 Å². The standard InChI is InChI=1S/C14H19N3OS/c1-4-16-12(7-14-17-10(2)9-19-14)11-5-6-15-8-13(11)18-3/h5-6,8-9,12,16H,4,7H2,1-3H3. The van der Waals surface area contributed by atoms with Crippen LogP contribution in [0.25, 0.3) is 0 Å². The normalized spacial score (nSPS) is 12.4. The largest absolute Gasteiger partial charge is 0.495 e. The van der Waals surface area contributed by atoms with E-state index in [1.165, 1.54) is 0 Å². The molecule has 0 amide bonds. The summed E-state index contributed by atoms with van der Waals surface area (Å²) in [7, 11) is 1.68. The number of nitrogens with zero attached hydrogens (tertiary/aromatic N) is 2. The number of hydrogen-bond donors (Lipinski definition) is 1.